The van der Waals surface area contributed by atoms with Crippen LogP contribution in [0.15, 0.2) is 65.8 Å². The summed E-state index contributed by atoms with van der Waals surface area (Å²) < 4.78 is 11.6. The normalized spacial score (nSPS) is 10.8. The fourth-order valence-corrected chi connectivity index (χ4v) is 3.03. The highest BCUT2D eigenvalue weighted by molar-refractivity contribution is 6.42. The maximum atomic E-state index is 12.2. The summed E-state index contributed by atoms with van der Waals surface area (Å²) in [4.78, 5) is 12.2. The van der Waals surface area contributed by atoms with Gasteiger partial charge in [-0.2, -0.15) is 5.10 Å². The van der Waals surface area contributed by atoms with Crippen molar-refractivity contribution < 1.29 is 14.3 Å². The van der Waals surface area contributed by atoms with Gasteiger partial charge in [0.1, 0.15) is 6.61 Å². The van der Waals surface area contributed by atoms with Crippen LogP contribution in [-0.2, 0) is 6.61 Å². The van der Waals surface area contributed by atoms with E-state index in [4.69, 9.17) is 44.3 Å². The molecule has 1 amide bonds. The molecule has 0 bridgehead atoms. The van der Waals surface area contributed by atoms with Crippen LogP contribution in [0.25, 0.3) is 0 Å². The molecule has 0 saturated carbocycles. The van der Waals surface area contributed by atoms with Crippen LogP contribution >= 0.6 is 34.8 Å². The van der Waals surface area contributed by atoms with Crippen LogP contribution in [0.1, 0.15) is 28.4 Å². The zero-order valence-electron chi connectivity index (χ0n) is 16.6. The van der Waals surface area contributed by atoms with Gasteiger partial charge in [0.05, 0.1) is 22.9 Å². The number of carbonyl (C=O) groups is 1. The lowest BCUT2D eigenvalue weighted by atomic mass is 10.2. The summed E-state index contributed by atoms with van der Waals surface area (Å²) in [5.41, 5.74) is 4.53. The molecule has 0 unspecified atom stereocenters. The molecule has 0 aliphatic heterocycles. The largest absolute Gasteiger partial charge is 0.490 e. The lowest BCUT2D eigenvalue weighted by Crippen LogP contribution is -2.17. The van der Waals surface area contributed by atoms with Crippen molar-refractivity contribution in [3.8, 4) is 11.5 Å². The van der Waals surface area contributed by atoms with Crippen LogP contribution in [0.4, 0.5) is 0 Å². The van der Waals surface area contributed by atoms with E-state index in [-0.39, 0.29) is 0 Å². The number of hydrogen-bond acceptors (Lipinski definition) is 4. The molecule has 0 radical (unpaired) electrons. The molecule has 0 fully saturated rings. The van der Waals surface area contributed by atoms with E-state index in [9.17, 15) is 4.79 Å². The number of nitrogens with zero attached hydrogens (tertiary/aromatic N) is 1. The molecule has 0 aromatic heterocycles. The van der Waals surface area contributed by atoms with Crippen molar-refractivity contribution in [3.05, 3.63) is 92.4 Å². The summed E-state index contributed by atoms with van der Waals surface area (Å²) in [5, 5.41) is 5.35. The van der Waals surface area contributed by atoms with Gasteiger partial charge in [0, 0.05) is 10.6 Å². The fraction of sp³-hybridized carbons (Fsp3) is 0.130. The Morgan fingerprint density at radius 3 is 2.42 bits per heavy atom. The summed E-state index contributed by atoms with van der Waals surface area (Å²) in [7, 11) is 0. The van der Waals surface area contributed by atoms with Crippen LogP contribution < -0.4 is 14.9 Å². The summed E-state index contributed by atoms with van der Waals surface area (Å²) in [6.07, 6.45) is 1.51. The molecule has 3 rings (SSSR count). The van der Waals surface area contributed by atoms with Crippen molar-refractivity contribution in [3.63, 3.8) is 0 Å². The first-order chi connectivity index (χ1) is 15.0. The number of hydrogen-bond donors (Lipinski definition) is 1. The molecule has 160 valence electrons. The van der Waals surface area contributed by atoms with Gasteiger partial charge in [0.15, 0.2) is 11.5 Å². The summed E-state index contributed by atoms with van der Waals surface area (Å²) in [6, 6.07) is 17.4. The second-order valence-corrected chi connectivity index (χ2v) is 7.63. The predicted octanol–water partition coefficient (Wildman–Crippen LogP) is 6.39. The maximum Gasteiger partial charge on any atom is 0.271 e. The molecule has 1 N–H and O–H groups in total. The molecule has 0 atom stereocenters. The van der Waals surface area contributed by atoms with E-state index in [1.54, 1.807) is 24.3 Å². The number of amides is 1. The van der Waals surface area contributed by atoms with E-state index in [1.165, 1.54) is 12.3 Å². The fourth-order valence-electron chi connectivity index (χ4n) is 2.60. The van der Waals surface area contributed by atoms with Crippen molar-refractivity contribution in [1.82, 2.24) is 5.43 Å². The first kappa shape index (κ1) is 22.9. The van der Waals surface area contributed by atoms with Gasteiger partial charge in [-0.15, -0.1) is 0 Å². The van der Waals surface area contributed by atoms with Gasteiger partial charge in [0.2, 0.25) is 0 Å². The highest BCUT2D eigenvalue weighted by Gasteiger charge is 2.08. The van der Waals surface area contributed by atoms with E-state index < -0.39 is 5.91 Å². The number of nitrogens with one attached hydrogen (secondary N) is 1. The molecule has 3 aromatic rings. The average molecular weight is 478 g/mol. The highest BCUT2D eigenvalue weighted by atomic mass is 35.5. The van der Waals surface area contributed by atoms with Gasteiger partial charge in [0.25, 0.3) is 5.91 Å². The Balaban J connectivity index is 1.65. The Bertz CT molecular complexity index is 1090. The lowest BCUT2D eigenvalue weighted by Gasteiger charge is -2.12. The van der Waals surface area contributed by atoms with Crippen molar-refractivity contribution in [2.75, 3.05) is 6.61 Å². The number of carbonyl (C=O) groups excluding carboxylic acids is 1. The number of benzene rings is 3. The van der Waals surface area contributed by atoms with Crippen molar-refractivity contribution >= 4 is 46.9 Å². The van der Waals surface area contributed by atoms with Gasteiger partial charge < -0.3 is 9.47 Å². The van der Waals surface area contributed by atoms with E-state index in [0.717, 1.165) is 11.1 Å². The second kappa shape index (κ2) is 11.0. The van der Waals surface area contributed by atoms with Crippen LogP contribution in [-0.4, -0.2) is 18.7 Å². The Morgan fingerprint density at radius 1 is 0.935 bits per heavy atom. The molecule has 0 aliphatic rings. The van der Waals surface area contributed by atoms with Crippen LogP contribution in [0.3, 0.4) is 0 Å². The number of halogens is 3. The first-order valence-electron chi connectivity index (χ1n) is 9.39. The number of rotatable bonds is 8. The zero-order valence-corrected chi connectivity index (χ0v) is 18.8. The Kier molecular flexibility index (Phi) is 8.18. The third-order valence-electron chi connectivity index (χ3n) is 4.14. The van der Waals surface area contributed by atoms with Gasteiger partial charge in [-0.05, 0) is 66.6 Å². The van der Waals surface area contributed by atoms with E-state index in [2.05, 4.69) is 10.5 Å². The Labute approximate surface area is 195 Å². The number of hydrazone groups is 1. The molecule has 0 spiro atoms. The van der Waals surface area contributed by atoms with Crippen molar-refractivity contribution in [2.24, 2.45) is 5.10 Å². The average Bonchev–Trinajstić information content (AvgIpc) is 2.76. The van der Waals surface area contributed by atoms with Crippen LogP contribution in [0.5, 0.6) is 11.5 Å². The predicted molar refractivity (Wildman–Crippen MR) is 125 cm³/mol. The standard InChI is InChI=1S/C23H19Cl3N2O3/c1-2-30-22-11-16(5-10-21(22)31-14-15-3-7-18(24)8-4-15)13-27-28-23(29)17-6-9-19(25)20(26)12-17/h3-13H,2,14H2,1H3,(H,28,29)/b27-13+. The van der Waals surface area contributed by atoms with Crippen LogP contribution in [0.2, 0.25) is 15.1 Å². The molecule has 8 heteroatoms. The quantitative estimate of drug-likeness (QED) is 0.302. The van der Waals surface area contributed by atoms with Gasteiger partial charge in [-0.1, -0.05) is 46.9 Å². The molecule has 5 nitrogen and oxygen atoms in total. The molecular weight excluding hydrogens is 459 g/mol. The second-order valence-electron chi connectivity index (χ2n) is 6.38. The zero-order chi connectivity index (χ0) is 22.2. The molecule has 3 aromatic carbocycles. The molecule has 31 heavy (non-hydrogen) atoms. The minimum Gasteiger partial charge on any atom is -0.490 e. The topological polar surface area (TPSA) is 59.9 Å². The third kappa shape index (κ3) is 6.62. The summed E-state index contributed by atoms with van der Waals surface area (Å²) in [5.74, 6) is 0.785. The Hall–Kier alpha value is -2.73. The van der Waals surface area contributed by atoms with Crippen molar-refractivity contribution in [2.45, 2.75) is 13.5 Å². The Morgan fingerprint density at radius 2 is 1.71 bits per heavy atom. The first-order valence-corrected chi connectivity index (χ1v) is 10.5. The van der Waals surface area contributed by atoms with Gasteiger partial charge >= 0.3 is 0 Å². The van der Waals surface area contributed by atoms with Crippen LogP contribution in [0, 0.1) is 0 Å². The number of ether oxygens (including phenoxy) is 2. The highest BCUT2D eigenvalue weighted by Crippen LogP contribution is 2.29. The van der Waals surface area contributed by atoms with E-state index in [1.807, 2.05) is 37.3 Å². The van der Waals surface area contributed by atoms with E-state index in [0.29, 0.717) is 45.3 Å². The minimum absolute atomic E-state index is 0.300. The van der Waals surface area contributed by atoms with Gasteiger partial charge in [-0.3, -0.25) is 4.79 Å². The van der Waals surface area contributed by atoms with E-state index >= 15 is 0 Å². The molecular formula is C23H19Cl3N2O3. The smallest absolute Gasteiger partial charge is 0.271 e. The third-order valence-corrected chi connectivity index (χ3v) is 5.13. The summed E-state index contributed by atoms with van der Waals surface area (Å²) >= 11 is 17.7. The van der Waals surface area contributed by atoms with Crippen molar-refractivity contribution in [1.29, 1.82) is 0 Å². The maximum absolute atomic E-state index is 12.2. The van der Waals surface area contributed by atoms with Gasteiger partial charge in [-0.25, -0.2) is 5.43 Å². The molecule has 0 heterocycles. The monoisotopic (exact) mass is 476 g/mol. The lowest BCUT2D eigenvalue weighted by molar-refractivity contribution is 0.0955. The minimum atomic E-state index is -0.400. The molecule has 0 saturated heterocycles. The molecule has 0 aliphatic carbocycles. The summed E-state index contributed by atoms with van der Waals surface area (Å²) in [6.45, 7) is 2.75. The SMILES string of the molecule is CCOc1cc(/C=N/NC(=O)c2ccc(Cl)c(Cl)c2)ccc1OCc1ccc(Cl)cc1.